The summed E-state index contributed by atoms with van der Waals surface area (Å²) in [4.78, 5) is 30.2. The van der Waals surface area contributed by atoms with Crippen LogP contribution in [0.3, 0.4) is 0 Å². The topological polar surface area (TPSA) is 88.2 Å². The molecule has 0 radical (unpaired) electrons. The van der Waals surface area contributed by atoms with Crippen LogP contribution in [0.4, 0.5) is 19.0 Å². The monoisotopic (exact) mass is 366 g/mol. The molecule has 3 saturated heterocycles. The molecular formula is C16H13F3N4O3. The molecule has 0 unspecified atom stereocenters. The lowest BCUT2D eigenvalue weighted by molar-refractivity contribution is -0.141. The number of imide groups is 1. The largest absolute Gasteiger partial charge is 0.433 e. The Labute approximate surface area is 144 Å². The van der Waals surface area contributed by atoms with E-state index in [0.717, 1.165) is 23.8 Å². The number of nitrogens with one attached hydrogen (secondary N) is 1. The van der Waals surface area contributed by atoms with E-state index in [-0.39, 0.29) is 34.6 Å². The molecule has 10 heteroatoms. The maximum atomic E-state index is 12.9. The van der Waals surface area contributed by atoms with Gasteiger partial charge in [-0.15, -0.1) is 0 Å². The van der Waals surface area contributed by atoms with Crippen LogP contribution in [0.25, 0.3) is 11.0 Å². The van der Waals surface area contributed by atoms with Crippen molar-refractivity contribution in [1.29, 1.82) is 0 Å². The number of carbonyl (C=O) groups excluding carboxylic acids is 2. The smallest absolute Gasteiger partial charge is 0.373 e. The van der Waals surface area contributed by atoms with Gasteiger partial charge in [0.15, 0.2) is 11.5 Å². The first-order valence-electron chi connectivity index (χ1n) is 8.23. The quantitative estimate of drug-likeness (QED) is 0.780. The summed E-state index contributed by atoms with van der Waals surface area (Å²) in [5.41, 5.74) is -0.924. The van der Waals surface area contributed by atoms with Gasteiger partial charge in [-0.05, 0) is 31.4 Å². The number of ether oxygens (including phenoxy) is 1. The molecule has 2 amide bonds. The lowest BCUT2D eigenvalue weighted by Crippen LogP contribution is -2.34. The van der Waals surface area contributed by atoms with Crippen LogP contribution < -0.4 is 4.90 Å². The molecule has 0 aromatic carbocycles. The second-order valence-electron chi connectivity index (χ2n) is 6.95. The Morgan fingerprint density at radius 2 is 1.81 bits per heavy atom. The Kier molecular flexibility index (Phi) is 2.91. The van der Waals surface area contributed by atoms with Gasteiger partial charge in [0, 0.05) is 0 Å². The molecule has 2 aromatic rings. The Morgan fingerprint density at radius 1 is 1.19 bits per heavy atom. The van der Waals surface area contributed by atoms with Crippen LogP contribution >= 0.6 is 0 Å². The molecule has 3 aliphatic heterocycles. The Hall–Kier alpha value is -2.49. The van der Waals surface area contributed by atoms with E-state index in [1.54, 1.807) is 0 Å². The predicted molar refractivity (Wildman–Crippen MR) is 81.0 cm³/mol. The summed E-state index contributed by atoms with van der Waals surface area (Å²) in [6, 6.07) is 0.889. The molecule has 4 atom stereocenters. The molecule has 0 aliphatic carbocycles. The molecule has 5 heterocycles. The Bertz CT molecular complexity index is 942. The van der Waals surface area contributed by atoms with Crippen molar-refractivity contribution in [3.63, 3.8) is 0 Å². The van der Waals surface area contributed by atoms with E-state index in [0.29, 0.717) is 0 Å². The summed E-state index contributed by atoms with van der Waals surface area (Å²) < 4.78 is 44.5. The van der Waals surface area contributed by atoms with Crippen LogP contribution in [-0.2, 0) is 20.5 Å². The van der Waals surface area contributed by atoms with E-state index in [9.17, 15) is 22.8 Å². The van der Waals surface area contributed by atoms with Crippen molar-refractivity contribution in [2.75, 3.05) is 4.90 Å². The average Bonchev–Trinajstić information content (AvgIpc) is 3.30. The number of pyridine rings is 1. The summed E-state index contributed by atoms with van der Waals surface area (Å²) in [7, 11) is 0. The van der Waals surface area contributed by atoms with E-state index < -0.39 is 35.5 Å². The second kappa shape index (κ2) is 4.81. The van der Waals surface area contributed by atoms with Gasteiger partial charge in [0.1, 0.15) is 5.69 Å². The lowest BCUT2D eigenvalue weighted by Gasteiger charge is -2.16. The Balaban J connectivity index is 1.62. The van der Waals surface area contributed by atoms with Gasteiger partial charge in [-0.1, -0.05) is 0 Å². The number of aryl methyl sites for hydroxylation is 1. The van der Waals surface area contributed by atoms with Crippen LogP contribution in [0, 0.1) is 18.8 Å². The highest BCUT2D eigenvalue weighted by Crippen LogP contribution is 2.50. The number of aromatic nitrogens is 3. The molecule has 2 aromatic heterocycles. The van der Waals surface area contributed by atoms with Crippen molar-refractivity contribution < 1.29 is 27.5 Å². The fourth-order valence-corrected chi connectivity index (χ4v) is 4.43. The van der Waals surface area contributed by atoms with Crippen molar-refractivity contribution in [3.05, 3.63) is 17.3 Å². The highest BCUT2D eigenvalue weighted by Gasteiger charge is 2.63. The molecule has 136 valence electrons. The minimum absolute atomic E-state index is 0.0162. The third-order valence-electron chi connectivity index (χ3n) is 5.49. The third kappa shape index (κ3) is 1.87. The van der Waals surface area contributed by atoms with Gasteiger partial charge in [-0.25, -0.2) is 9.88 Å². The number of hydrogen-bond acceptors (Lipinski definition) is 5. The second-order valence-corrected chi connectivity index (χ2v) is 6.95. The fraction of sp³-hybridized carbons (Fsp3) is 0.500. The number of anilines is 1. The molecule has 2 bridgehead atoms. The van der Waals surface area contributed by atoms with Crippen LogP contribution in [0.2, 0.25) is 0 Å². The summed E-state index contributed by atoms with van der Waals surface area (Å²) in [5.74, 6) is -1.85. The molecular weight excluding hydrogens is 353 g/mol. The predicted octanol–water partition coefficient (Wildman–Crippen LogP) is 1.95. The SMILES string of the molecule is Cc1cc(C(F)(F)F)nc2[nH]nc(N3C(=O)[C@@H]4[C@@H](C3=O)[C@H]3CC[C@H]4O3)c12. The van der Waals surface area contributed by atoms with Gasteiger partial charge in [-0.3, -0.25) is 14.7 Å². The number of amides is 2. The van der Waals surface area contributed by atoms with Crippen molar-refractivity contribution in [2.45, 2.75) is 38.1 Å². The number of aromatic amines is 1. The van der Waals surface area contributed by atoms with E-state index in [2.05, 4.69) is 15.2 Å². The van der Waals surface area contributed by atoms with E-state index >= 15 is 0 Å². The van der Waals surface area contributed by atoms with Crippen LogP contribution in [0.5, 0.6) is 0 Å². The standard InChI is InChI=1S/C16H13F3N4O3/c1-5-4-8(16(17,18)19)20-12-9(5)13(22-21-12)23-14(24)10-6-2-3-7(26-6)11(10)15(23)25/h4,6-7,10-11H,2-3H2,1H3,(H,20,21,22)/t6-,7-,10+,11+/m1/s1. The average molecular weight is 366 g/mol. The van der Waals surface area contributed by atoms with Crippen molar-refractivity contribution in [1.82, 2.24) is 15.2 Å². The Morgan fingerprint density at radius 3 is 2.38 bits per heavy atom. The van der Waals surface area contributed by atoms with Gasteiger partial charge < -0.3 is 4.74 Å². The number of alkyl halides is 3. The molecule has 3 aliphatic rings. The number of rotatable bonds is 1. The van der Waals surface area contributed by atoms with E-state index in [1.807, 2.05) is 0 Å². The summed E-state index contributed by atoms with van der Waals surface area (Å²) in [5, 5.41) is 6.62. The highest BCUT2D eigenvalue weighted by molar-refractivity contribution is 6.24. The zero-order valence-corrected chi connectivity index (χ0v) is 13.5. The van der Waals surface area contributed by atoms with E-state index in [4.69, 9.17) is 4.74 Å². The third-order valence-corrected chi connectivity index (χ3v) is 5.49. The number of carbonyl (C=O) groups is 2. The number of fused-ring (bicyclic) bond motifs is 6. The van der Waals surface area contributed by atoms with Crippen LogP contribution in [0.15, 0.2) is 6.07 Å². The van der Waals surface area contributed by atoms with Gasteiger partial charge in [-0.2, -0.15) is 18.3 Å². The van der Waals surface area contributed by atoms with Gasteiger partial charge in [0.2, 0.25) is 11.8 Å². The number of H-pyrrole nitrogens is 1. The lowest BCUT2D eigenvalue weighted by atomic mass is 9.81. The molecule has 0 spiro atoms. The maximum Gasteiger partial charge on any atom is 0.433 e. The molecule has 5 rings (SSSR count). The first-order valence-corrected chi connectivity index (χ1v) is 8.23. The first-order chi connectivity index (χ1) is 12.3. The summed E-state index contributed by atoms with van der Waals surface area (Å²) in [6.45, 7) is 1.47. The van der Waals surface area contributed by atoms with Gasteiger partial charge in [0.05, 0.1) is 29.4 Å². The van der Waals surface area contributed by atoms with Crippen molar-refractivity contribution >= 4 is 28.7 Å². The fourth-order valence-electron chi connectivity index (χ4n) is 4.43. The molecule has 26 heavy (non-hydrogen) atoms. The van der Waals surface area contributed by atoms with E-state index in [1.165, 1.54) is 6.92 Å². The summed E-state index contributed by atoms with van der Waals surface area (Å²) in [6.07, 6.45) is -3.68. The molecule has 1 N–H and O–H groups in total. The number of hydrogen-bond donors (Lipinski definition) is 1. The van der Waals surface area contributed by atoms with Crippen molar-refractivity contribution in [2.24, 2.45) is 11.8 Å². The van der Waals surface area contributed by atoms with Gasteiger partial charge >= 0.3 is 6.18 Å². The van der Waals surface area contributed by atoms with Crippen LogP contribution in [0.1, 0.15) is 24.1 Å². The zero-order valence-electron chi connectivity index (χ0n) is 13.5. The minimum Gasteiger partial charge on any atom is -0.373 e. The molecule has 3 fully saturated rings. The zero-order chi connectivity index (χ0) is 18.4. The van der Waals surface area contributed by atoms with Crippen molar-refractivity contribution in [3.8, 4) is 0 Å². The van der Waals surface area contributed by atoms with Gasteiger partial charge in [0.25, 0.3) is 0 Å². The maximum absolute atomic E-state index is 12.9. The minimum atomic E-state index is -4.60. The highest BCUT2D eigenvalue weighted by atomic mass is 19.4. The number of nitrogens with zero attached hydrogens (tertiary/aromatic N) is 3. The van der Waals surface area contributed by atoms with Crippen LogP contribution in [-0.4, -0.2) is 39.2 Å². The number of halogens is 3. The summed E-state index contributed by atoms with van der Waals surface area (Å²) >= 11 is 0. The normalized spacial score (nSPS) is 30.7. The molecule has 7 nitrogen and oxygen atoms in total. The first kappa shape index (κ1) is 15.7. The molecule has 0 saturated carbocycles.